The lowest BCUT2D eigenvalue weighted by molar-refractivity contribution is -0.140. The molecule has 0 aromatic rings. The molecule has 0 amide bonds. The average Bonchev–Trinajstić information content (AvgIpc) is 2.48. The van der Waals surface area contributed by atoms with Crippen LogP contribution in [0.25, 0.3) is 0 Å². The Morgan fingerprint density at radius 1 is 1.20 bits per heavy atom. The average molecular weight is 283 g/mol. The minimum absolute atomic E-state index is 0.124. The van der Waals surface area contributed by atoms with Crippen LogP contribution in [0.3, 0.4) is 0 Å². The van der Waals surface area contributed by atoms with Gasteiger partial charge in [-0.15, -0.1) is 0 Å². The van der Waals surface area contributed by atoms with Gasteiger partial charge >= 0.3 is 0 Å². The Morgan fingerprint density at radius 2 is 2.00 bits per heavy atom. The SMILES string of the molecule is CCCCC(CC)CNC1CCOC2(CCOCC2)C1. The summed E-state index contributed by atoms with van der Waals surface area (Å²) in [5, 5.41) is 3.83. The summed E-state index contributed by atoms with van der Waals surface area (Å²) in [6.07, 6.45) is 9.88. The summed E-state index contributed by atoms with van der Waals surface area (Å²) in [5.74, 6) is 0.850. The number of unbranched alkanes of at least 4 members (excludes halogenated alkanes) is 1. The Labute approximate surface area is 124 Å². The molecular weight excluding hydrogens is 250 g/mol. The van der Waals surface area contributed by atoms with Gasteiger partial charge in [0, 0.05) is 25.9 Å². The third-order valence-electron chi connectivity index (χ3n) is 5.14. The third-order valence-corrected chi connectivity index (χ3v) is 5.14. The Morgan fingerprint density at radius 3 is 2.70 bits per heavy atom. The Balaban J connectivity index is 1.74. The zero-order valence-corrected chi connectivity index (χ0v) is 13.5. The molecular formula is C17H33NO2. The Hall–Kier alpha value is -0.120. The minimum atomic E-state index is 0.124. The van der Waals surface area contributed by atoms with E-state index in [0.717, 1.165) is 38.6 Å². The number of hydrogen-bond acceptors (Lipinski definition) is 3. The van der Waals surface area contributed by atoms with Crippen molar-refractivity contribution in [3.8, 4) is 0 Å². The molecule has 3 nitrogen and oxygen atoms in total. The van der Waals surface area contributed by atoms with Gasteiger partial charge in [0.1, 0.15) is 0 Å². The van der Waals surface area contributed by atoms with Crippen molar-refractivity contribution in [1.29, 1.82) is 0 Å². The highest BCUT2D eigenvalue weighted by Gasteiger charge is 2.38. The van der Waals surface area contributed by atoms with Gasteiger partial charge in [-0.2, -0.15) is 0 Å². The molecule has 2 aliphatic heterocycles. The number of rotatable bonds is 7. The van der Waals surface area contributed by atoms with Crippen LogP contribution in [0.2, 0.25) is 0 Å². The highest BCUT2D eigenvalue weighted by Crippen LogP contribution is 2.34. The molecule has 20 heavy (non-hydrogen) atoms. The van der Waals surface area contributed by atoms with Gasteiger partial charge in [-0.3, -0.25) is 0 Å². The van der Waals surface area contributed by atoms with Crippen LogP contribution in [0.15, 0.2) is 0 Å². The van der Waals surface area contributed by atoms with Crippen molar-refractivity contribution >= 4 is 0 Å². The van der Waals surface area contributed by atoms with E-state index in [-0.39, 0.29) is 5.60 Å². The zero-order chi connectivity index (χ0) is 14.3. The van der Waals surface area contributed by atoms with Gasteiger partial charge in [0.25, 0.3) is 0 Å². The summed E-state index contributed by atoms with van der Waals surface area (Å²) in [6.45, 7) is 8.47. The smallest absolute Gasteiger partial charge is 0.0741 e. The molecule has 2 aliphatic rings. The Kier molecular flexibility index (Phi) is 6.79. The van der Waals surface area contributed by atoms with Gasteiger partial charge in [0.05, 0.1) is 5.60 Å². The van der Waals surface area contributed by atoms with E-state index in [9.17, 15) is 0 Å². The van der Waals surface area contributed by atoms with E-state index < -0.39 is 0 Å². The van der Waals surface area contributed by atoms with E-state index in [4.69, 9.17) is 9.47 Å². The highest BCUT2D eigenvalue weighted by atomic mass is 16.5. The lowest BCUT2D eigenvalue weighted by Crippen LogP contribution is -2.50. The molecule has 0 aromatic carbocycles. The van der Waals surface area contributed by atoms with Crippen LogP contribution in [0, 0.1) is 5.92 Å². The summed E-state index contributed by atoms with van der Waals surface area (Å²) in [7, 11) is 0. The quantitative estimate of drug-likeness (QED) is 0.775. The zero-order valence-electron chi connectivity index (χ0n) is 13.5. The first-order valence-corrected chi connectivity index (χ1v) is 8.73. The molecule has 2 atom stereocenters. The van der Waals surface area contributed by atoms with Crippen LogP contribution < -0.4 is 5.32 Å². The van der Waals surface area contributed by atoms with E-state index in [1.165, 1.54) is 45.1 Å². The number of nitrogens with one attached hydrogen (secondary N) is 1. The maximum Gasteiger partial charge on any atom is 0.0741 e. The van der Waals surface area contributed by atoms with Crippen molar-refractivity contribution in [3.63, 3.8) is 0 Å². The molecule has 3 heteroatoms. The Bertz CT molecular complexity index is 258. The second-order valence-corrected chi connectivity index (χ2v) is 6.66. The summed E-state index contributed by atoms with van der Waals surface area (Å²) < 4.78 is 11.6. The summed E-state index contributed by atoms with van der Waals surface area (Å²) >= 11 is 0. The van der Waals surface area contributed by atoms with Gasteiger partial charge in [-0.25, -0.2) is 0 Å². The lowest BCUT2D eigenvalue weighted by atomic mass is 9.84. The number of hydrogen-bond donors (Lipinski definition) is 1. The maximum absolute atomic E-state index is 6.11. The summed E-state index contributed by atoms with van der Waals surface area (Å²) in [6, 6.07) is 0.650. The van der Waals surface area contributed by atoms with Gasteiger partial charge in [-0.05, 0) is 44.6 Å². The molecule has 1 N–H and O–H groups in total. The lowest BCUT2D eigenvalue weighted by Gasteiger charge is -2.43. The molecule has 2 heterocycles. The van der Waals surface area contributed by atoms with Gasteiger partial charge in [0.2, 0.25) is 0 Å². The predicted molar refractivity (Wildman–Crippen MR) is 83.1 cm³/mol. The standard InChI is InChI=1S/C17H33NO2/c1-3-5-6-15(4-2)14-18-16-7-10-20-17(13-16)8-11-19-12-9-17/h15-16,18H,3-14H2,1-2H3. The topological polar surface area (TPSA) is 30.5 Å². The largest absolute Gasteiger partial charge is 0.381 e. The van der Waals surface area contributed by atoms with Crippen molar-refractivity contribution in [3.05, 3.63) is 0 Å². The maximum atomic E-state index is 6.11. The van der Waals surface area contributed by atoms with Crippen molar-refractivity contribution < 1.29 is 9.47 Å². The van der Waals surface area contributed by atoms with Crippen molar-refractivity contribution in [2.24, 2.45) is 5.92 Å². The molecule has 0 saturated carbocycles. The van der Waals surface area contributed by atoms with Crippen molar-refractivity contribution in [1.82, 2.24) is 5.32 Å². The monoisotopic (exact) mass is 283 g/mol. The van der Waals surface area contributed by atoms with Crippen molar-refractivity contribution in [2.75, 3.05) is 26.4 Å². The first-order chi connectivity index (χ1) is 9.78. The second kappa shape index (κ2) is 8.35. The van der Waals surface area contributed by atoms with Crippen molar-refractivity contribution in [2.45, 2.75) is 76.9 Å². The van der Waals surface area contributed by atoms with Crippen LogP contribution in [-0.4, -0.2) is 38.0 Å². The van der Waals surface area contributed by atoms with Gasteiger partial charge < -0.3 is 14.8 Å². The number of ether oxygens (including phenoxy) is 2. The molecule has 0 radical (unpaired) electrons. The molecule has 0 bridgehead atoms. The molecule has 2 unspecified atom stereocenters. The fourth-order valence-electron chi connectivity index (χ4n) is 3.57. The molecule has 2 fully saturated rings. The third kappa shape index (κ3) is 4.71. The van der Waals surface area contributed by atoms with Crippen LogP contribution >= 0.6 is 0 Å². The molecule has 0 aliphatic carbocycles. The second-order valence-electron chi connectivity index (χ2n) is 6.66. The van der Waals surface area contributed by atoms with Crippen LogP contribution in [0.1, 0.15) is 65.2 Å². The van der Waals surface area contributed by atoms with Crippen LogP contribution in [0.4, 0.5) is 0 Å². The molecule has 0 aromatic heterocycles. The van der Waals surface area contributed by atoms with E-state index in [1.807, 2.05) is 0 Å². The van der Waals surface area contributed by atoms with E-state index in [1.54, 1.807) is 0 Å². The summed E-state index contributed by atoms with van der Waals surface area (Å²) in [4.78, 5) is 0. The normalized spacial score (nSPS) is 27.6. The predicted octanol–water partition coefficient (Wildman–Crippen LogP) is 3.52. The molecule has 1 spiro atoms. The fourth-order valence-corrected chi connectivity index (χ4v) is 3.57. The van der Waals surface area contributed by atoms with E-state index in [2.05, 4.69) is 19.2 Å². The first kappa shape index (κ1) is 16.3. The highest BCUT2D eigenvalue weighted by molar-refractivity contribution is 4.91. The van der Waals surface area contributed by atoms with Crippen LogP contribution in [0.5, 0.6) is 0 Å². The minimum Gasteiger partial charge on any atom is -0.381 e. The first-order valence-electron chi connectivity index (χ1n) is 8.73. The summed E-state index contributed by atoms with van der Waals surface area (Å²) in [5.41, 5.74) is 0.124. The van der Waals surface area contributed by atoms with E-state index >= 15 is 0 Å². The van der Waals surface area contributed by atoms with Gasteiger partial charge in [0.15, 0.2) is 0 Å². The van der Waals surface area contributed by atoms with Gasteiger partial charge in [-0.1, -0.05) is 33.1 Å². The molecule has 118 valence electrons. The molecule has 2 rings (SSSR count). The van der Waals surface area contributed by atoms with Crippen LogP contribution in [-0.2, 0) is 9.47 Å². The van der Waals surface area contributed by atoms with E-state index in [0.29, 0.717) is 6.04 Å². The fraction of sp³-hybridized carbons (Fsp3) is 1.00. The molecule has 2 saturated heterocycles.